The zero-order valence-electron chi connectivity index (χ0n) is 9.70. The zero-order chi connectivity index (χ0) is 11.6. The molecule has 0 radical (unpaired) electrons. The second-order valence-corrected chi connectivity index (χ2v) is 4.74. The number of hydrogen-bond donors (Lipinski definition) is 0. The number of hydrogen-bond acceptors (Lipinski definition) is 0. The minimum Gasteiger partial charge on any atom is -0.241 e. The largest absolute Gasteiger partial charge is 0.269 e. The lowest BCUT2D eigenvalue weighted by Crippen LogP contribution is -2.45. The van der Waals surface area contributed by atoms with Crippen molar-refractivity contribution in [2.24, 2.45) is 10.8 Å². The van der Waals surface area contributed by atoms with Gasteiger partial charge in [-0.1, -0.05) is 41.0 Å². The fourth-order valence-corrected chi connectivity index (χ4v) is 1.73. The summed E-state index contributed by atoms with van der Waals surface area (Å²) >= 11 is 0. The SMILES string of the molecule is CCC(C)(C)C(C)(CC)C(F)C(F)F. The average molecular weight is 210 g/mol. The Hall–Kier alpha value is -0.210. The van der Waals surface area contributed by atoms with Crippen LogP contribution in [0.3, 0.4) is 0 Å². The van der Waals surface area contributed by atoms with E-state index in [-0.39, 0.29) is 0 Å². The Morgan fingerprint density at radius 2 is 1.36 bits per heavy atom. The molecule has 14 heavy (non-hydrogen) atoms. The minimum atomic E-state index is -2.88. The molecule has 0 heterocycles. The molecule has 0 saturated carbocycles. The molecule has 0 aromatic carbocycles. The van der Waals surface area contributed by atoms with E-state index in [4.69, 9.17) is 0 Å². The summed E-state index contributed by atoms with van der Waals surface area (Å²) in [6.45, 7) is 9.00. The van der Waals surface area contributed by atoms with Crippen LogP contribution in [-0.4, -0.2) is 12.6 Å². The van der Waals surface area contributed by atoms with Crippen molar-refractivity contribution < 1.29 is 13.2 Å². The fraction of sp³-hybridized carbons (Fsp3) is 1.00. The molecule has 0 fully saturated rings. The molecule has 0 rings (SSSR count). The van der Waals surface area contributed by atoms with Gasteiger partial charge in [0.15, 0.2) is 6.17 Å². The van der Waals surface area contributed by atoms with Crippen LogP contribution in [0.5, 0.6) is 0 Å². The van der Waals surface area contributed by atoms with Crippen LogP contribution >= 0.6 is 0 Å². The Labute approximate surface area is 84.9 Å². The van der Waals surface area contributed by atoms with Crippen LogP contribution in [0, 0.1) is 10.8 Å². The van der Waals surface area contributed by atoms with Crippen molar-refractivity contribution in [3.8, 4) is 0 Å². The first-order valence-electron chi connectivity index (χ1n) is 5.15. The Bertz CT molecular complexity index is 177. The van der Waals surface area contributed by atoms with E-state index >= 15 is 0 Å². The van der Waals surface area contributed by atoms with Gasteiger partial charge in [0.2, 0.25) is 0 Å². The second-order valence-electron chi connectivity index (χ2n) is 4.74. The van der Waals surface area contributed by atoms with Gasteiger partial charge in [-0.25, -0.2) is 13.2 Å². The van der Waals surface area contributed by atoms with Crippen molar-refractivity contribution in [2.75, 3.05) is 0 Å². The first-order valence-corrected chi connectivity index (χ1v) is 5.15. The van der Waals surface area contributed by atoms with Gasteiger partial charge in [0.1, 0.15) is 0 Å². The Balaban J connectivity index is 4.97. The molecule has 0 aliphatic heterocycles. The maximum absolute atomic E-state index is 13.5. The molecule has 0 aromatic heterocycles. The van der Waals surface area contributed by atoms with Crippen molar-refractivity contribution in [1.82, 2.24) is 0 Å². The van der Waals surface area contributed by atoms with Gasteiger partial charge in [0.25, 0.3) is 6.43 Å². The predicted octanol–water partition coefficient (Wildman–Crippen LogP) is 4.44. The quantitative estimate of drug-likeness (QED) is 0.629. The second kappa shape index (κ2) is 4.54. The Kier molecular flexibility index (Phi) is 4.47. The third-order valence-electron chi connectivity index (χ3n) is 3.99. The topological polar surface area (TPSA) is 0 Å². The summed E-state index contributed by atoms with van der Waals surface area (Å²) < 4.78 is 38.3. The van der Waals surface area contributed by atoms with Crippen LogP contribution in [-0.2, 0) is 0 Å². The number of alkyl halides is 3. The lowest BCUT2D eigenvalue weighted by atomic mass is 9.61. The molecule has 2 atom stereocenters. The molecule has 0 aliphatic carbocycles. The molecule has 0 saturated heterocycles. The van der Waals surface area contributed by atoms with E-state index in [1.54, 1.807) is 13.8 Å². The van der Waals surface area contributed by atoms with Gasteiger partial charge < -0.3 is 0 Å². The smallest absolute Gasteiger partial charge is 0.241 e. The summed E-state index contributed by atoms with van der Waals surface area (Å²) in [6.07, 6.45) is -3.79. The lowest BCUT2D eigenvalue weighted by molar-refractivity contribution is -0.0849. The summed E-state index contributed by atoms with van der Waals surface area (Å²) in [7, 11) is 0. The number of rotatable bonds is 5. The zero-order valence-corrected chi connectivity index (χ0v) is 9.70. The van der Waals surface area contributed by atoms with E-state index in [1.807, 2.05) is 20.8 Å². The monoisotopic (exact) mass is 210 g/mol. The van der Waals surface area contributed by atoms with E-state index in [0.717, 1.165) is 0 Å². The predicted molar refractivity (Wildman–Crippen MR) is 53.4 cm³/mol. The highest BCUT2D eigenvalue weighted by molar-refractivity contribution is 4.94. The highest BCUT2D eigenvalue weighted by Gasteiger charge is 2.48. The van der Waals surface area contributed by atoms with Crippen LogP contribution in [0.15, 0.2) is 0 Å². The first kappa shape index (κ1) is 13.8. The minimum absolute atomic E-state index is 0.405. The summed E-state index contributed by atoms with van der Waals surface area (Å²) in [4.78, 5) is 0. The Morgan fingerprint density at radius 3 is 1.57 bits per heavy atom. The highest BCUT2D eigenvalue weighted by atomic mass is 19.3. The van der Waals surface area contributed by atoms with Crippen LogP contribution in [0.4, 0.5) is 13.2 Å². The molecule has 0 aromatic rings. The molecular formula is C11H21F3. The van der Waals surface area contributed by atoms with Gasteiger partial charge in [0.05, 0.1) is 0 Å². The summed E-state index contributed by atoms with van der Waals surface area (Å²) in [5, 5.41) is 0. The maximum atomic E-state index is 13.5. The van der Waals surface area contributed by atoms with Gasteiger partial charge in [-0.05, 0) is 11.8 Å². The summed E-state index contributed by atoms with van der Waals surface area (Å²) in [5.41, 5.74) is -1.35. The fourth-order valence-electron chi connectivity index (χ4n) is 1.73. The molecule has 0 aliphatic rings. The van der Waals surface area contributed by atoms with Crippen LogP contribution in [0.2, 0.25) is 0 Å². The molecule has 3 heteroatoms. The van der Waals surface area contributed by atoms with Crippen molar-refractivity contribution in [3.63, 3.8) is 0 Å². The van der Waals surface area contributed by atoms with Crippen LogP contribution in [0.25, 0.3) is 0 Å². The van der Waals surface area contributed by atoms with Crippen molar-refractivity contribution >= 4 is 0 Å². The molecule has 2 unspecified atom stereocenters. The molecule has 0 amide bonds. The van der Waals surface area contributed by atoms with E-state index in [0.29, 0.717) is 12.8 Å². The van der Waals surface area contributed by atoms with Gasteiger partial charge >= 0.3 is 0 Å². The van der Waals surface area contributed by atoms with Gasteiger partial charge in [0, 0.05) is 5.41 Å². The average Bonchev–Trinajstić information content (AvgIpc) is 2.14. The van der Waals surface area contributed by atoms with Gasteiger partial charge in [-0.15, -0.1) is 0 Å². The third-order valence-corrected chi connectivity index (χ3v) is 3.99. The van der Waals surface area contributed by atoms with E-state index in [1.165, 1.54) is 0 Å². The molecule has 0 spiro atoms. The maximum Gasteiger partial charge on any atom is 0.269 e. The van der Waals surface area contributed by atoms with Gasteiger partial charge in [-0.3, -0.25) is 0 Å². The van der Waals surface area contributed by atoms with Crippen molar-refractivity contribution in [1.29, 1.82) is 0 Å². The highest BCUT2D eigenvalue weighted by Crippen LogP contribution is 2.49. The molecule has 0 nitrogen and oxygen atoms in total. The number of halogens is 3. The van der Waals surface area contributed by atoms with E-state index in [2.05, 4.69) is 0 Å². The van der Waals surface area contributed by atoms with Gasteiger partial charge in [-0.2, -0.15) is 0 Å². The molecule has 0 bridgehead atoms. The normalized spacial score (nSPS) is 19.5. The van der Waals surface area contributed by atoms with Crippen molar-refractivity contribution in [3.05, 3.63) is 0 Å². The van der Waals surface area contributed by atoms with Crippen LogP contribution < -0.4 is 0 Å². The standard InChI is InChI=1S/C11H21F3/c1-6-10(3,4)11(5,7-2)8(12)9(13)14/h8-9H,6-7H2,1-5H3. The third kappa shape index (κ3) is 2.23. The first-order chi connectivity index (χ1) is 6.23. The Morgan fingerprint density at radius 1 is 0.929 bits per heavy atom. The van der Waals surface area contributed by atoms with Crippen molar-refractivity contribution in [2.45, 2.75) is 60.1 Å². The summed E-state index contributed by atoms with van der Waals surface area (Å²) in [6, 6.07) is 0. The molecule has 0 N–H and O–H groups in total. The van der Waals surface area contributed by atoms with E-state index < -0.39 is 23.4 Å². The molecular weight excluding hydrogens is 189 g/mol. The lowest BCUT2D eigenvalue weighted by Gasteiger charge is -2.45. The van der Waals surface area contributed by atoms with Crippen LogP contribution in [0.1, 0.15) is 47.5 Å². The van der Waals surface area contributed by atoms with E-state index in [9.17, 15) is 13.2 Å². The molecule has 86 valence electrons. The summed E-state index contributed by atoms with van der Waals surface area (Å²) in [5.74, 6) is 0.